The molecule has 2 aromatic heterocycles. The van der Waals surface area contributed by atoms with Gasteiger partial charge in [0.2, 0.25) is 0 Å². The maximum atomic E-state index is 11.8. The summed E-state index contributed by atoms with van der Waals surface area (Å²) < 4.78 is 7.04. The minimum Gasteiger partial charge on any atom is -0.381 e. The van der Waals surface area contributed by atoms with Crippen LogP contribution in [0.3, 0.4) is 0 Å². The van der Waals surface area contributed by atoms with Crippen LogP contribution in [-0.2, 0) is 11.8 Å². The Kier molecular flexibility index (Phi) is 3.16. The summed E-state index contributed by atoms with van der Waals surface area (Å²) >= 11 is 0. The molecule has 6 heteroatoms. The molecule has 100 valence electrons. The SMILES string of the molecule is Cn1cc(-c2cc(=O)[nH]c(C3CCOCC3)n2)cn1. The van der Waals surface area contributed by atoms with Crippen molar-refractivity contribution in [2.75, 3.05) is 13.2 Å². The minimum absolute atomic E-state index is 0.115. The molecule has 0 unspecified atom stereocenters. The second-order valence-electron chi connectivity index (χ2n) is 4.81. The second kappa shape index (κ2) is 4.97. The van der Waals surface area contributed by atoms with E-state index < -0.39 is 0 Å². The monoisotopic (exact) mass is 260 g/mol. The Hall–Kier alpha value is -1.95. The quantitative estimate of drug-likeness (QED) is 0.876. The summed E-state index contributed by atoms with van der Waals surface area (Å²) in [6, 6.07) is 1.51. The predicted octanol–water partition coefficient (Wildman–Crippen LogP) is 1.06. The molecule has 0 bridgehead atoms. The first-order valence-electron chi connectivity index (χ1n) is 6.40. The van der Waals surface area contributed by atoms with Crippen LogP contribution in [0.4, 0.5) is 0 Å². The molecule has 3 rings (SSSR count). The van der Waals surface area contributed by atoms with E-state index in [9.17, 15) is 4.79 Å². The molecule has 3 heterocycles. The second-order valence-corrected chi connectivity index (χ2v) is 4.81. The van der Waals surface area contributed by atoms with E-state index in [1.54, 1.807) is 10.9 Å². The van der Waals surface area contributed by atoms with Crippen LogP contribution in [0.2, 0.25) is 0 Å². The highest BCUT2D eigenvalue weighted by molar-refractivity contribution is 5.56. The van der Waals surface area contributed by atoms with Crippen LogP contribution in [0.5, 0.6) is 0 Å². The first-order valence-corrected chi connectivity index (χ1v) is 6.40. The summed E-state index contributed by atoms with van der Waals surface area (Å²) in [6.07, 6.45) is 5.38. The molecular formula is C13H16N4O2. The Balaban J connectivity index is 1.98. The van der Waals surface area contributed by atoms with Gasteiger partial charge in [0.25, 0.3) is 5.56 Å². The zero-order chi connectivity index (χ0) is 13.2. The van der Waals surface area contributed by atoms with E-state index in [0.29, 0.717) is 5.69 Å². The lowest BCUT2D eigenvalue weighted by Gasteiger charge is -2.21. The van der Waals surface area contributed by atoms with Crippen LogP contribution >= 0.6 is 0 Å². The molecule has 0 atom stereocenters. The zero-order valence-electron chi connectivity index (χ0n) is 10.8. The van der Waals surface area contributed by atoms with Crippen molar-refractivity contribution < 1.29 is 4.74 Å². The van der Waals surface area contributed by atoms with Crippen molar-refractivity contribution in [1.29, 1.82) is 0 Å². The Bertz CT molecular complexity index is 626. The van der Waals surface area contributed by atoms with Crippen molar-refractivity contribution in [3.05, 3.63) is 34.6 Å². The van der Waals surface area contributed by atoms with Gasteiger partial charge in [-0.15, -0.1) is 0 Å². The summed E-state index contributed by atoms with van der Waals surface area (Å²) in [6.45, 7) is 1.46. The molecule has 1 saturated heterocycles. The molecule has 0 spiro atoms. The molecule has 0 amide bonds. The molecule has 0 aliphatic carbocycles. The average molecular weight is 260 g/mol. The van der Waals surface area contributed by atoms with Crippen LogP contribution in [0.1, 0.15) is 24.6 Å². The molecule has 19 heavy (non-hydrogen) atoms. The smallest absolute Gasteiger partial charge is 0.251 e. The standard InChI is InChI=1S/C13H16N4O2/c1-17-8-10(7-14-17)11-6-12(18)16-13(15-11)9-2-4-19-5-3-9/h6-9H,2-5H2,1H3,(H,15,16,18). The van der Waals surface area contributed by atoms with Gasteiger partial charge >= 0.3 is 0 Å². The van der Waals surface area contributed by atoms with Gasteiger partial charge in [0.1, 0.15) is 5.82 Å². The molecule has 1 fully saturated rings. The van der Waals surface area contributed by atoms with E-state index in [-0.39, 0.29) is 11.5 Å². The third-order valence-corrected chi connectivity index (χ3v) is 3.37. The van der Waals surface area contributed by atoms with Gasteiger partial charge in [-0.1, -0.05) is 0 Å². The number of nitrogens with zero attached hydrogens (tertiary/aromatic N) is 3. The van der Waals surface area contributed by atoms with Gasteiger partial charge in [-0.05, 0) is 12.8 Å². The first kappa shape index (κ1) is 12.1. The van der Waals surface area contributed by atoms with E-state index >= 15 is 0 Å². The van der Waals surface area contributed by atoms with Gasteiger partial charge in [0, 0.05) is 44.0 Å². The van der Waals surface area contributed by atoms with Crippen molar-refractivity contribution in [3.63, 3.8) is 0 Å². The van der Waals surface area contributed by atoms with Crippen molar-refractivity contribution in [3.8, 4) is 11.3 Å². The molecule has 0 saturated carbocycles. The summed E-state index contributed by atoms with van der Waals surface area (Å²) in [5, 5.41) is 4.11. The summed E-state index contributed by atoms with van der Waals surface area (Å²) in [5.74, 6) is 1.03. The summed E-state index contributed by atoms with van der Waals surface area (Å²) in [4.78, 5) is 19.2. The lowest BCUT2D eigenvalue weighted by molar-refractivity contribution is 0.0835. The van der Waals surface area contributed by atoms with Crippen LogP contribution in [0.25, 0.3) is 11.3 Å². The molecule has 1 aliphatic rings. The first-order chi connectivity index (χ1) is 9.22. The Morgan fingerprint density at radius 3 is 2.89 bits per heavy atom. The van der Waals surface area contributed by atoms with Crippen molar-refractivity contribution in [2.45, 2.75) is 18.8 Å². The van der Waals surface area contributed by atoms with E-state index in [4.69, 9.17) is 4.74 Å². The van der Waals surface area contributed by atoms with Gasteiger partial charge in [0.15, 0.2) is 0 Å². The number of nitrogens with one attached hydrogen (secondary N) is 1. The number of aryl methyl sites for hydroxylation is 1. The average Bonchev–Trinajstić information content (AvgIpc) is 2.86. The van der Waals surface area contributed by atoms with Gasteiger partial charge in [-0.25, -0.2) is 4.98 Å². The number of hydrogen-bond donors (Lipinski definition) is 1. The van der Waals surface area contributed by atoms with E-state index in [2.05, 4.69) is 15.1 Å². The summed E-state index contributed by atoms with van der Waals surface area (Å²) in [5.41, 5.74) is 1.43. The third-order valence-electron chi connectivity index (χ3n) is 3.37. The van der Waals surface area contributed by atoms with E-state index in [1.807, 2.05) is 13.2 Å². The number of aromatic nitrogens is 4. The molecule has 1 N–H and O–H groups in total. The normalized spacial score (nSPS) is 16.7. The number of rotatable bonds is 2. The van der Waals surface area contributed by atoms with Gasteiger partial charge in [-0.3, -0.25) is 9.48 Å². The Morgan fingerprint density at radius 1 is 1.42 bits per heavy atom. The van der Waals surface area contributed by atoms with Crippen molar-refractivity contribution >= 4 is 0 Å². The van der Waals surface area contributed by atoms with Crippen LogP contribution in [-0.4, -0.2) is 33.0 Å². The summed E-state index contributed by atoms with van der Waals surface area (Å²) in [7, 11) is 1.84. The number of ether oxygens (including phenoxy) is 1. The maximum Gasteiger partial charge on any atom is 0.251 e. The molecule has 6 nitrogen and oxygen atoms in total. The van der Waals surface area contributed by atoms with E-state index in [1.165, 1.54) is 6.07 Å². The van der Waals surface area contributed by atoms with Crippen molar-refractivity contribution in [2.24, 2.45) is 7.05 Å². The largest absolute Gasteiger partial charge is 0.381 e. The highest BCUT2D eigenvalue weighted by atomic mass is 16.5. The maximum absolute atomic E-state index is 11.8. The van der Waals surface area contributed by atoms with Crippen LogP contribution in [0.15, 0.2) is 23.3 Å². The number of H-pyrrole nitrogens is 1. The lowest BCUT2D eigenvalue weighted by atomic mass is 9.99. The molecule has 1 aliphatic heterocycles. The predicted molar refractivity (Wildman–Crippen MR) is 69.9 cm³/mol. The van der Waals surface area contributed by atoms with Crippen LogP contribution in [0, 0.1) is 0 Å². The minimum atomic E-state index is -0.115. The fourth-order valence-electron chi connectivity index (χ4n) is 2.34. The molecule has 0 radical (unpaired) electrons. The number of hydrogen-bond acceptors (Lipinski definition) is 4. The highest BCUT2D eigenvalue weighted by Gasteiger charge is 2.19. The lowest BCUT2D eigenvalue weighted by Crippen LogP contribution is -2.20. The fraction of sp³-hybridized carbons (Fsp3) is 0.462. The molecule has 0 aromatic carbocycles. The Labute approximate surface area is 110 Å². The zero-order valence-corrected chi connectivity index (χ0v) is 10.8. The Morgan fingerprint density at radius 2 is 2.21 bits per heavy atom. The molecular weight excluding hydrogens is 244 g/mol. The van der Waals surface area contributed by atoms with Gasteiger partial charge < -0.3 is 9.72 Å². The van der Waals surface area contributed by atoms with Gasteiger partial charge in [0.05, 0.1) is 11.9 Å². The molecule has 2 aromatic rings. The number of aromatic amines is 1. The third kappa shape index (κ3) is 2.58. The van der Waals surface area contributed by atoms with Gasteiger partial charge in [-0.2, -0.15) is 5.10 Å². The van der Waals surface area contributed by atoms with E-state index in [0.717, 1.165) is 37.4 Å². The fourth-order valence-corrected chi connectivity index (χ4v) is 2.34. The highest BCUT2D eigenvalue weighted by Crippen LogP contribution is 2.24. The van der Waals surface area contributed by atoms with Crippen molar-refractivity contribution in [1.82, 2.24) is 19.7 Å². The van der Waals surface area contributed by atoms with Crippen LogP contribution < -0.4 is 5.56 Å². The topological polar surface area (TPSA) is 72.8 Å².